The number of morpholine rings is 1. The highest BCUT2D eigenvalue weighted by atomic mass is 16.5. The first-order valence-electron chi connectivity index (χ1n) is 8.35. The SMILES string of the molecule is CC1CN(C(=O)[C@H]2NCCO[C@@H]2C)CCC1c1ccccc1. The number of nitrogens with zero attached hydrogens (tertiary/aromatic N) is 1. The van der Waals surface area contributed by atoms with Crippen LogP contribution in [0.4, 0.5) is 0 Å². The van der Waals surface area contributed by atoms with Crippen LogP contribution in [0.25, 0.3) is 0 Å². The van der Waals surface area contributed by atoms with Crippen molar-refractivity contribution in [2.75, 3.05) is 26.2 Å². The molecule has 120 valence electrons. The van der Waals surface area contributed by atoms with Crippen LogP contribution in [0.3, 0.4) is 0 Å². The Bertz CT molecular complexity index is 505. The molecular formula is C18H26N2O2. The molecule has 0 saturated carbocycles. The fourth-order valence-corrected chi connectivity index (χ4v) is 3.75. The van der Waals surface area contributed by atoms with E-state index in [2.05, 4.69) is 42.6 Å². The van der Waals surface area contributed by atoms with Gasteiger partial charge in [-0.3, -0.25) is 4.79 Å². The summed E-state index contributed by atoms with van der Waals surface area (Å²) in [6, 6.07) is 10.5. The van der Waals surface area contributed by atoms with E-state index in [4.69, 9.17) is 4.74 Å². The van der Waals surface area contributed by atoms with Crippen LogP contribution in [0.2, 0.25) is 0 Å². The summed E-state index contributed by atoms with van der Waals surface area (Å²) >= 11 is 0. The van der Waals surface area contributed by atoms with Crippen LogP contribution in [-0.4, -0.2) is 49.2 Å². The summed E-state index contributed by atoms with van der Waals surface area (Å²) < 4.78 is 5.61. The van der Waals surface area contributed by atoms with E-state index in [1.165, 1.54) is 5.56 Å². The summed E-state index contributed by atoms with van der Waals surface area (Å²) in [5, 5.41) is 3.31. The second-order valence-corrected chi connectivity index (χ2v) is 6.58. The Morgan fingerprint density at radius 1 is 1.27 bits per heavy atom. The van der Waals surface area contributed by atoms with Gasteiger partial charge in [0, 0.05) is 19.6 Å². The average molecular weight is 302 g/mol. The summed E-state index contributed by atoms with van der Waals surface area (Å²) in [6.45, 7) is 7.37. The molecule has 2 aliphatic heterocycles. The summed E-state index contributed by atoms with van der Waals surface area (Å²) in [4.78, 5) is 14.8. The lowest BCUT2D eigenvalue weighted by Gasteiger charge is -2.40. The molecule has 4 atom stereocenters. The van der Waals surface area contributed by atoms with Crippen molar-refractivity contribution in [3.63, 3.8) is 0 Å². The summed E-state index contributed by atoms with van der Waals surface area (Å²) in [5.74, 6) is 1.24. The highest BCUT2D eigenvalue weighted by Crippen LogP contribution is 2.33. The quantitative estimate of drug-likeness (QED) is 0.909. The molecule has 2 heterocycles. The number of piperidine rings is 1. The molecular weight excluding hydrogens is 276 g/mol. The summed E-state index contributed by atoms with van der Waals surface area (Å²) in [5.41, 5.74) is 1.40. The molecule has 1 N–H and O–H groups in total. The van der Waals surface area contributed by atoms with Crippen molar-refractivity contribution in [2.45, 2.75) is 38.3 Å². The minimum absolute atomic E-state index is 0.0385. The first kappa shape index (κ1) is 15.5. The number of carbonyl (C=O) groups excluding carboxylic acids is 1. The van der Waals surface area contributed by atoms with Crippen LogP contribution < -0.4 is 5.32 Å². The molecule has 0 aromatic heterocycles. The maximum atomic E-state index is 12.7. The number of likely N-dealkylation sites (tertiary alicyclic amines) is 1. The number of benzene rings is 1. The Hall–Kier alpha value is -1.39. The molecule has 2 aliphatic rings. The van der Waals surface area contributed by atoms with Gasteiger partial charge in [-0.25, -0.2) is 0 Å². The molecule has 1 aromatic rings. The van der Waals surface area contributed by atoms with Gasteiger partial charge in [0.05, 0.1) is 12.7 Å². The van der Waals surface area contributed by atoms with Crippen LogP contribution in [0.5, 0.6) is 0 Å². The first-order chi connectivity index (χ1) is 10.7. The molecule has 1 amide bonds. The Balaban J connectivity index is 1.63. The van der Waals surface area contributed by atoms with Gasteiger partial charge in [-0.2, -0.15) is 0 Å². The predicted molar refractivity (Wildman–Crippen MR) is 86.7 cm³/mol. The number of hydrogen-bond acceptors (Lipinski definition) is 3. The van der Waals surface area contributed by atoms with Crippen molar-refractivity contribution in [1.29, 1.82) is 0 Å². The summed E-state index contributed by atoms with van der Waals surface area (Å²) in [6.07, 6.45) is 1.00. The van der Waals surface area contributed by atoms with Crippen molar-refractivity contribution < 1.29 is 9.53 Å². The monoisotopic (exact) mass is 302 g/mol. The van der Waals surface area contributed by atoms with Crippen LogP contribution in [0, 0.1) is 5.92 Å². The number of nitrogens with one attached hydrogen (secondary N) is 1. The summed E-state index contributed by atoms with van der Waals surface area (Å²) in [7, 11) is 0. The normalized spacial score (nSPS) is 32.7. The third-order valence-electron chi connectivity index (χ3n) is 5.03. The number of carbonyl (C=O) groups is 1. The van der Waals surface area contributed by atoms with E-state index in [0.717, 1.165) is 26.1 Å². The second-order valence-electron chi connectivity index (χ2n) is 6.58. The van der Waals surface area contributed by atoms with Gasteiger partial charge >= 0.3 is 0 Å². The number of rotatable bonds is 2. The van der Waals surface area contributed by atoms with Crippen LogP contribution >= 0.6 is 0 Å². The number of amides is 1. The predicted octanol–water partition coefficient (Wildman–Crippen LogP) is 2.02. The van der Waals surface area contributed by atoms with Crippen molar-refractivity contribution >= 4 is 5.91 Å². The van der Waals surface area contributed by atoms with Gasteiger partial charge in [0.25, 0.3) is 0 Å². The molecule has 0 aliphatic carbocycles. The standard InChI is InChI=1S/C18H26N2O2/c1-13-12-20(18(21)17-14(2)22-11-9-19-17)10-8-16(13)15-6-4-3-5-7-15/h3-7,13-14,16-17,19H,8-12H2,1-2H3/t13?,14-,16?,17+/m1/s1. The minimum atomic E-state index is -0.186. The van der Waals surface area contributed by atoms with Crippen molar-refractivity contribution in [3.05, 3.63) is 35.9 Å². The molecule has 1 aromatic carbocycles. The lowest BCUT2D eigenvalue weighted by molar-refractivity contribution is -0.141. The lowest BCUT2D eigenvalue weighted by Crippen LogP contribution is -2.58. The zero-order valence-corrected chi connectivity index (χ0v) is 13.5. The maximum absolute atomic E-state index is 12.7. The third kappa shape index (κ3) is 3.18. The second kappa shape index (κ2) is 6.80. The molecule has 22 heavy (non-hydrogen) atoms. The van der Waals surface area contributed by atoms with Crippen molar-refractivity contribution in [3.8, 4) is 0 Å². The number of ether oxygens (including phenoxy) is 1. The smallest absolute Gasteiger partial charge is 0.242 e. The molecule has 4 nitrogen and oxygen atoms in total. The lowest BCUT2D eigenvalue weighted by atomic mass is 9.81. The molecule has 0 radical (unpaired) electrons. The Morgan fingerprint density at radius 3 is 2.73 bits per heavy atom. The highest BCUT2D eigenvalue weighted by molar-refractivity contribution is 5.82. The Kier molecular flexibility index (Phi) is 4.79. The first-order valence-corrected chi connectivity index (χ1v) is 8.35. The van der Waals surface area contributed by atoms with Gasteiger partial charge in [-0.05, 0) is 30.7 Å². The van der Waals surface area contributed by atoms with Crippen LogP contribution in [0.1, 0.15) is 31.7 Å². The fraction of sp³-hybridized carbons (Fsp3) is 0.611. The highest BCUT2D eigenvalue weighted by Gasteiger charge is 2.35. The van der Waals surface area contributed by atoms with E-state index in [1.54, 1.807) is 0 Å². The zero-order chi connectivity index (χ0) is 15.5. The van der Waals surface area contributed by atoms with Gasteiger partial charge < -0.3 is 15.0 Å². The molecule has 0 spiro atoms. The van der Waals surface area contributed by atoms with Crippen molar-refractivity contribution in [1.82, 2.24) is 10.2 Å². The van der Waals surface area contributed by atoms with E-state index in [1.807, 2.05) is 11.8 Å². The Morgan fingerprint density at radius 2 is 2.05 bits per heavy atom. The minimum Gasteiger partial charge on any atom is -0.375 e. The van der Waals surface area contributed by atoms with Gasteiger partial charge in [0.2, 0.25) is 5.91 Å². The van der Waals surface area contributed by atoms with Gasteiger partial charge in [-0.1, -0.05) is 37.3 Å². The van der Waals surface area contributed by atoms with Gasteiger partial charge in [0.15, 0.2) is 0 Å². The molecule has 2 saturated heterocycles. The van der Waals surface area contributed by atoms with E-state index in [0.29, 0.717) is 18.4 Å². The maximum Gasteiger partial charge on any atom is 0.242 e. The van der Waals surface area contributed by atoms with E-state index in [9.17, 15) is 4.79 Å². The van der Waals surface area contributed by atoms with Gasteiger partial charge in [0.1, 0.15) is 6.04 Å². The van der Waals surface area contributed by atoms with E-state index in [-0.39, 0.29) is 18.1 Å². The fourth-order valence-electron chi connectivity index (χ4n) is 3.75. The zero-order valence-electron chi connectivity index (χ0n) is 13.5. The molecule has 2 fully saturated rings. The van der Waals surface area contributed by atoms with Crippen LogP contribution in [0.15, 0.2) is 30.3 Å². The number of hydrogen-bond donors (Lipinski definition) is 1. The third-order valence-corrected chi connectivity index (χ3v) is 5.03. The topological polar surface area (TPSA) is 41.6 Å². The molecule has 3 rings (SSSR count). The van der Waals surface area contributed by atoms with Gasteiger partial charge in [-0.15, -0.1) is 0 Å². The largest absolute Gasteiger partial charge is 0.375 e. The molecule has 2 unspecified atom stereocenters. The molecule has 4 heteroatoms. The van der Waals surface area contributed by atoms with E-state index < -0.39 is 0 Å². The average Bonchev–Trinajstić information content (AvgIpc) is 2.55. The van der Waals surface area contributed by atoms with E-state index >= 15 is 0 Å². The van der Waals surface area contributed by atoms with Crippen LogP contribution in [-0.2, 0) is 9.53 Å². The molecule has 0 bridgehead atoms. The van der Waals surface area contributed by atoms with Crippen molar-refractivity contribution in [2.24, 2.45) is 5.92 Å². The Labute approximate surface area is 132 Å².